The molecule has 2 rings (SSSR count). The van der Waals surface area contributed by atoms with E-state index in [0.717, 1.165) is 12.8 Å². The van der Waals surface area contributed by atoms with Crippen LogP contribution in [0.15, 0.2) is 46.9 Å². The van der Waals surface area contributed by atoms with Crippen molar-refractivity contribution >= 4 is 11.8 Å². The van der Waals surface area contributed by atoms with E-state index in [2.05, 4.69) is 36.4 Å². The van der Waals surface area contributed by atoms with Gasteiger partial charge >= 0.3 is 0 Å². The second kappa shape index (κ2) is 5.38. The van der Waals surface area contributed by atoms with Crippen molar-refractivity contribution in [3.63, 3.8) is 0 Å². The third-order valence-corrected chi connectivity index (χ3v) is 4.01. The molecule has 0 aliphatic heterocycles. The van der Waals surface area contributed by atoms with E-state index in [-0.39, 0.29) is 6.61 Å². The zero-order chi connectivity index (χ0) is 10.5. The van der Waals surface area contributed by atoms with Gasteiger partial charge in [0.1, 0.15) is 0 Å². The number of aliphatic hydroxyl groups excluding tert-OH is 1. The van der Waals surface area contributed by atoms with Gasteiger partial charge in [0.15, 0.2) is 0 Å². The van der Waals surface area contributed by atoms with E-state index in [4.69, 9.17) is 5.11 Å². The van der Waals surface area contributed by atoms with Crippen LogP contribution in [0, 0.1) is 0 Å². The fourth-order valence-electron chi connectivity index (χ4n) is 1.81. The summed E-state index contributed by atoms with van der Waals surface area (Å²) in [5, 5.41) is 9.67. The first kappa shape index (κ1) is 10.8. The van der Waals surface area contributed by atoms with E-state index >= 15 is 0 Å². The number of thioether (sulfide) groups is 1. The van der Waals surface area contributed by atoms with Crippen LogP contribution in [0.2, 0.25) is 0 Å². The molecule has 1 aromatic carbocycles. The molecule has 0 spiro atoms. The van der Waals surface area contributed by atoms with E-state index in [0.29, 0.717) is 5.25 Å². The average Bonchev–Trinajstić information content (AvgIpc) is 2.31. The molecule has 1 unspecified atom stereocenters. The maximum absolute atomic E-state index is 8.99. The van der Waals surface area contributed by atoms with Crippen LogP contribution >= 0.6 is 11.8 Å². The molecule has 0 aromatic heterocycles. The molecular formula is C13H16OS. The van der Waals surface area contributed by atoms with E-state index in [1.807, 2.05) is 11.8 Å². The smallest absolute Gasteiger partial charge is 0.0641 e. The van der Waals surface area contributed by atoms with E-state index in [1.54, 1.807) is 0 Å². The highest BCUT2D eigenvalue weighted by Gasteiger charge is 2.14. The molecular weight excluding hydrogens is 204 g/mol. The van der Waals surface area contributed by atoms with Gasteiger partial charge in [-0.05, 0) is 37.0 Å². The molecule has 1 nitrogen and oxygen atoms in total. The SMILES string of the molecule is OCC1=CCC(Sc2ccccc2)CC1. The summed E-state index contributed by atoms with van der Waals surface area (Å²) in [6, 6.07) is 10.5. The molecule has 15 heavy (non-hydrogen) atoms. The summed E-state index contributed by atoms with van der Waals surface area (Å²) >= 11 is 1.95. The standard InChI is InChI=1S/C13H16OS/c14-10-11-6-8-13(9-7-11)15-12-4-2-1-3-5-12/h1-6,13-14H,7-10H2. The summed E-state index contributed by atoms with van der Waals surface area (Å²) in [7, 11) is 0. The minimum Gasteiger partial charge on any atom is -0.392 e. The molecule has 0 saturated heterocycles. The summed E-state index contributed by atoms with van der Waals surface area (Å²) < 4.78 is 0. The molecule has 1 atom stereocenters. The average molecular weight is 220 g/mol. The Morgan fingerprint density at radius 2 is 2.07 bits per heavy atom. The lowest BCUT2D eigenvalue weighted by atomic mass is 10.00. The second-order valence-corrected chi connectivity index (χ2v) is 5.22. The maximum atomic E-state index is 8.99. The lowest BCUT2D eigenvalue weighted by molar-refractivity contribution is 0.323. The molecule has 1 aromatic rings. The Balaban J connectivity index is 1.90. The van der Waals surface area contributed by atoms with Crippen LogP contribution < -0.4 is 0 Å². The summed E-state index contributed by atoms with van der Waals surface area (Å²) in [5.41, 5.74) is 1.21. The molecule has 0 fully saturated rings. The highest BCUT2D eigenvalue weighted by Crippen LogP contribution is 2.32. The Bertz CT molecular complexity index is 332. The highest BCUT2D eigenvalue weighted by molar-refractivity contribution is 8.00. The lowest BCUT2D eigenvalue weighted by Crippen LogP contribution is -2.09. The van der Waals surface area contributed by atoms with Crippen molar-refractivity contribution in [1.82, 2.24) is 0 Å². The second-order valence-electron chi connectivity index (χ2n) is 3.85. The maximum Gasteiger partial charge on any atom is 0.0641 e. The number of aliphatic hydroxyl groups is 1. The Morgan fingerprint density at radius 1 is 1.27 bits per heavy atom. The number of benzene rings is 1. The van der Waals surface area contributed by atoms with Gasteiger partial charge in [0, 0.05) is 10.1 Å². The summed E-state index contributed by atoms with van der Waals surface area (Å²) in [5.74, 6) is 0. The third-order valence-electron chi connectivity index (χ3n) is 2.71. The van der Waals surface area contributed by atoms with E-state index in [1.165, 1.54) is 16.9 Å². The van der Waals surface area contributed by atoms with Crippen LogP contribution in [-0.2, 0) is 0 Å². The summed E-state index contributed by atoms with van der Waals surface area (Å²) in [6.45, 7) is 0.239. The molecule has 1 aliphatic carbocycles. The Labute approximate surface area is 95.2 Å². The van der Waals surface area contributed by atoms with Gasteiger partial charge in [-0.1, -0.05) is 24.3 Å². The molecule has 0 bridgehead atoms. The predicted octanol–water partition coefficient (Wildman–Crippen LogP) is 3.25. The topological polar surface area (TPSA) is 20.2 Å². The first-order valence-electron chi connectivity index (χ1n) is 5.39. The third kappa shape index (κ3) is 3.11. The van der Waals surface area contributed by atoms with Crippen LogP contribution in [0.1, 0.15) is 19.3 Å². The van der Waals surface area contributed by atoms with Crippen molar-refractivity contribution in [2.75, 3.05) is 6.61 Å². The first-order chi connectivity index (χ1) is 7.38. The normalized spacial score (nSPS) is 21.1. The van der Waals surface area contributed by atoms with Crippen LogP contribution in [0.5, 0.6) is 0 Å². The quantitative estimate of drug-likeness (QED) is 0.789. The Hall–Kier alpha value is -0.730. The van der Waals surface area contributed by atoms with Crippen LogP contribution in [0.4, 0.5) is 0 Å². The predicted molar refractivity (Wildman–Crippen MR) is 65.1 cm³/mol. The van der Waals surface area contributed by atoms with Gasteiger partial charge in [0.05, 0.1) is 6.61 Å². The highest BCUT2D eigenvalue weighted by atomic mass is 32.2. The Kier molecular flexibility index (Phi) is 3.87. The van der Waals surface area contributed by atoms with Crippen molar-refractivity contribution in [3.05, 3.63) is 42.0 Å². The molecule has 1 aliphatic rings. The monoisotopic (exact) mass is 220 g/mol. The molecule has 0 radical (unpaired) electrons. The van der Waals surface area contributed by atoms with Crippen molar-refractivity contribution in [3.8, 4) is 0 Å². The van der Waals surface area contributed by atoms with Gasteiger partial charge in [-0.15, -0.1) is 11.8 Å². The van der Waals surface area contributed by atoms with Crippen molar-refractivity contribution < 1.29 is 5.11 Å². The van der Waals surface area contributed by atoms with Gasteiger partial charge in [-0.2, -0.15) is 0 Å². The van der Waals surface area contributed by atoms with Crippen LogP contribution in [0.3, 0.4) is 0 Å². The minimum absolute atomic E-state index is 0.239. The fourth-order valence-corrected chi connectivity index (χ4v) is 2.93. The van der Waals surface area contributed by atoms with Gasteiger partial charge in [-0.3, -0.25) is 0 Å². The number of rotatable bonds is 3. The molecule has 0 heterocycles. The van der Waals surface area contributed by atoms with Crippen molar-refractivity contribution in [1.29, 1.82) is 0 Å². The summed E-state index contributed by atoms with van der Waals surface area (Å²) in [4.78, 5) is 1.35. The zero-order valence-electron chi connectivity index (χ0n) is 8.73. The van der Waals surface area contributed by atoms with Gasteiger partial charge in [0.2, 0.25) is 0 Å². The summed E-state index contributed by atoms with van der Waals surface area (Å²) in [6.07, 6.45) is 5.53. The molecule has 0 saturated carbocycles. The van der Waals surface area contributed by atoms with Crippen LogP contribution in [0.25, 0.3) is 0 Å². The van der Waals surface area contributed by atoms with E-state index in [9.17, 15) is 0 Å². The zero-order valence-corrected chi connectivity index (χ0v) is 9.54. The fraction of sp³-hybridized carbons (Fsp3) is 0.385. The minimum atomic E-state index is 0.239. The van der Waals surface area contributed by atoms with Crippen molar-refractivity contribution in [2.24, 2.45) is 0 Å². The first-order valence-corrected chi connectivity index (χ1v) is 6.27. The Morgan fingerprint density at radius 3 is 2.67 bits per heavy atom. The largest absolute Gasteiger partial charge is 0.392 e. The van der Waals surface area contributed by atoms with Crippen molar-refractivity contribution in [2.45, 2.75) is 29.4 Å². The molecule has 80 valence electrons. The van der Waals surface area contributed by atoms with Crippen LogP contribution in [-0.4, -0.2) is 17.0 Å². The number of allylic oxidation sites excluding steroid dienone is 1. The van der Waals surface area contributed by atoms with E-state index < -0.39 is 0 Å². The lowest BCUT2D eigenvalue weighted by Gasteiger charge is -2.20. The van der Waals surface area contributed by atoms with Gasteiger partial charge in [0.25, 0.3) is 0 Å². The molecule has 0 amide bonds. The molecule has 1 N–H and O–H groups in total. The number of hydrogen-bond donors (Lipinski definition) is 1. The molecule has 2 heteroatoms. The number of hydrogen-bond acceptors (Lipinski definition) is 2. The van der Waals surface area contributed by atoms with Gasteiger partial charge < -0.3 is 5.11 Å². The van der Waals surface area contributed by atoms with Gasteiger partial charge in [-0.25, -0.2) is 0 Å².